The Hall–Kier alpha value is -6.24. The van der Waals surface area contributed by atoms with Gasteiger partial charge in [0.25, 0.3) is 11.1 Å². The Balaban J connectivity index is 0.000000158. The van der Waals surface area contributed by atoms with Crippen LogP contribution < -0.4 is 20.9 Å². The third kappa shape index (κ3) is 8.75. The second-order valence-corrected chi connectivity index (χ2v) is 16.7. The summed E-state index contributed by atoms with van der Waals surface area (Å²) in [5, 5.41) is 16.1. The maximum atomic E-state index is 13.4. The van der Waals surface area contributed by atoms with Crippen molar-refractivity contribution in [2.24, 2.45) is 0 Å². The quantitative estimate of drug-likeness (QED) is 0.149. The number of anilines is 2. The minimum Gasteiger partial charge on any atom is -0.341 e. The SMILES string of the molecule is O=c1c2cc(Cl)ccc2n2c(N3CCCCCC3)nnc2n1CC=Cc1ccccc1.O=c1nc2n(CC=Cc3ccccc3)nc(N3CCCCCC3)n2c2ccc(Cl)cc12. The molecule has 2 aliphatic heterocycles. The molecule has 12 nitrogen and oxygen atoms in total. The summed E-state index contributed by atoms with van der Waals surface area (Å²) < 4.78 is 7.50. The van der Waals surface area contributed by atoms with Gasteiger partial charge in [-0.3, -0.25) is 14.2 Å². The number of aromatic nitrogens is 8. The van der Waals surface area contributed by atoms with Gasteiger partial charge in [-0.2, -0.15) is 4.98 Å². The highest BCUT2D eigenvalue weighted by Crippen LogP contribution is 2.27. The summed E-state index contributed by atoms with van der Waals surface area (Å²) in [6, 6.07) is 31.0. The van der Waals surface area contributed by atoms with Crippen LogP contribution in [-0.4, -0.2) is 64.5 Å². The molecular formula is C48H48Cl2N10O2. The molecule has 2 aliphatic rings. The van der Waals surface area contributed by atoms with Crippen LogP contribution in [0.4, 0.5) is 11.9 Å². The highest BCUT2D eigenvalue weighted by Gasteiger charge is 2.23. The number of hydrogen-bond acceptors (Lipinski definition) is 8. The van der Waals surface area contributed by atoms with Gasteiger partial charge in [-0.05, 0) is 73.2 Å². The molecule has 0 radical (unpaired) electrons. The lowest BCUT2D eigenvalue weighted by Crippen LogP contribution is -2.28. The Labute approximate surface area is 369 Å². The molecule has 0 amide bonds. The van der Waals surface area contributed by atoms with Gasteiger partial charge >= 0.3 is 0 Å². The summed E-state index contributed by atoms with van der Waals surface area (Å²) in [6.45, 7) is 4.72. The lowest BCUT2D eigenvalue weighted by Gasteiger charge is -2.20. The molecule has 10 rings (SSSR count). The summed E-state index contributed by atoms with van der Waals surface area (Å²) >= 11 is 12.4. The first kappa shape index (κ1) is 41.1. The van der Waals surface area contributed by atoms with Gasteiger partial charge in [0.05, 0.1) is 28.4 Å². The number of benzene rings is 4. The number of nitrogens with zero attached hydrogens (tertiary/aromatic N) is 10. The zero-order chi connectivity index (χ0) is 42.4. The molecule has 4 aromatic heterocycles. The van der Waals surface area contributed by atoms with Gasteiger partial charge < -0.3 is 9.80 Å². The van der Waals surface area contributed by atoms with Crippen LogP contribution in [0.5, 0.6) is 0 Å². The van der Waals surface area contributed by atoms with Crippen molar-refractivity contribution in [3.8, 4) is 0 Å². The van der Waals surface area contributed by atoms with Crippen LogP contribution in [0.1, 0.15) is 62.5 Å². The molecule has 14 heteroatoms. The lowest BCUT2D eigenvalue weighted by atomic mass is 10.2. The van der Waals surface area contributed by atoms with E-state index in [-0.39, 0.29) is 11.1 Å². The number of hydrogen-bond donors (Lipinski definition) is 0. The zero-order valence-electron chi connectivity index (χ0n) is 34.5. The first-order valence-electron chi connectivity index (χ1n) is 21.5. The predicted molar refractivity (Wildman–Crippen MR) is 252 cm³/mol. The summed E-state index contributed by atoms with van der Waals surface area (Å²) in [7, 11) is 0. The van der Waals surface area contributed by atoms with E-state index in [2.05, 4.69) is 43.2 Å². The van der Waals surface area contributed by atoms with Crippen LogP contribution in [0, 0.1) is 0 Å². The van der Waals surface area contributed by atoms with E-state index in [4.69, 9.17) is 28.3 Å². The summed E-state index contributed by atoms with van der Waals surface area (Å²) in [5.41, 5.74) is 3.39. The van der Waals surface area contributed by atoms with E-state index in [1.165, 1.54) is 25.7 Å². The Morgan fingerprint density at radius 2 is 1.06 bits per heavy atom. The van der Waals surface area contributed by atoms with Crippen LogP contribution >= 0.6 is 23.2 Å². The van der Waals surface area contributed by atoms with E-state index in [1.807, 2.05) is 105 Å². The van der Waals surface area contributed by atoms with E-state index in [0.29, 0.717) is 45.5 Å². The molecular weight excluding hydrogens is 820 g/mol. The fraction of sp³-hybridized carbons (Fsp3) is 0.292. The smallest absolute Gasteiger partial charge is 0.282 e. The summed E-state index contributed by atoms with van der Waals surface area (Å²) in [4.78, 5) is 35.1. The Morgan fingerprint density at radius 3 is 1.66 bits per heavy atom. The van der Waals surface area contributed by atoms with Gasteiger partial charge in [0, 0.05) is 42.8 Å². The van der Waals surface area contributed by atoms with Crippen molar-refractivity contribution in [1.82, 2.24) is 38.3 Å². The Morgan fingerprint density at radius 1 is 0.548 bits per heavy atom. The van der Waals surface area contributed by atoms with Crippen molar-refractivity contribution in [1.29, 1.82) is 0 Å². The standard InChI is InChI=1S/2C24H24ClN5O/c25-19-12-13-21-20(17-19)22(31)29(16-8-11-18-9-4-3-5-10-18)24-27-26-23(30(21)24)28-14-6-1-2-7-15-28;25-19-12-13-21-20(17-19)22(31)26-23-29(16-8-11-18-9-4-3-5-10-18)27-24(30(21)23)28-14-6-1-2-7-15-28/h2*3-5,8-13,17H,1-2,6-7,14-16H2. The molecule has 316 valence electrons. The Kier molecular flexibility index (Phi) is 12.5. The fourth-order valence-electron chi connectivity index (χ4n) is 8.47. The molecule has 0 unspecified atom stereocenters. The number of allylic oxidation sites excluding steroid dienone is 2. The van der Waals surface area contributed by atoms with Crippen LogP contribution in [0.25, 0.3) is 45.5 Å². The largest absolute Gasteiger partial charge is 0.341 e. The van der Waals surface area contributed by atoms with E-state index in [0.717, 1.165) is 85.9 Å². The van der Waals surface area contributed by atoms with Crippen molar-refractivity contribution >= 4 is 80.6 Å². The highest BCUT2D eigenvalue weighted by atomic mass is 35.5. The average molecular weight is 868 g/mol. The number of fused-ring (bicyclic) bond motifs is 6. The van der Waals surface area contributed by atoms with E-state index >= 15 is 0 Å². The van der Waals surface area contributed by atoms with E-state index in [9.17, 15) is 9.59 Å². The van der Waals surface area contributed by atoms with Gasteiger partial charge in [0.15, 0.2) is 0 Å². The molecule has 8 aromatic rings. The summed E-state index contributed by atoms with van der Waals surface area (Å²) in [6.07, 6.45) is 17.6. The molecule has 6 heterocycles. The van der Waals surface area contributed by atoms with Gasteiger partial charge in [0.1, 0.15) is 0 Å². The Bertz CT molecular complexity index is 3000. The van der Waals surface area contributed by atoms with Crippen molar-refractivity contribution in [2.45, 2.75) is 64.5 Å². The van der Waals surface area contributed by atoms with Crippen LogP contribution in [0.3, 0.4) is 0 Å². The van der Waals surface area contributed by atoms with E-state index < -0.39 is 0 Å². The second-order valence-electron chi connectivity index (χ2n) is 15.8. The second kappa shape index (κ2) is 18.8. The first-order chi connectivity index (χ1) is 30.4. The van der Waals surface area contributed by atoms with Crippen molar-refractivity contribution in [3.63, 3.8) is 0 Å². The molecule has 0 bridgehead atoms. The van der Waals surface area contributed by atoms with Crippen LogP contribution in [0.2, 0.25) is 10.0 Å². The topological polar surface area (TPSA) is 111 Å². The molecule has 2 saturated heterocycles. The maximum Gasteiger partial charge on any atom is 0.282 e. The molecule has 2 fully saturated rings. The molecule has 0 saturated carbocycles. The molecule has 0 N–H and O–H groups in total. The molecule has 62 heavy (non-hydrogen) atoms. The predicted octanol–water partition coefficient (Wildman–Crippen LogP) is 9.58. The van der Waals surface area contributed by atoms with Gasteiger partial charge in [-0.25, -0.2) is 13.5 Å². The maximum absolute atomic E-state index is 13.4. The average Bonchev–Trinajstić information content (AvgIpc) is 3.60. The lowest BCUT2D eigenvalue weighted by molar-refractivity contribution is 0.697. The highest BCUT2D eigenvalue weighted by molar-refractivity contribution is 6.31. The zero-order valence-corrected chi connectivity index (χ0v) is 36.0. The van der Waals surface area contributed by atoms with Gasteiger partial charge in [-0.15, -0.1) is 15.3 Å². The first-order valence-corrected chi connectivity index (χ1v) is 22.3. The van der Waals surface area contributed by atoms with Gasteiger partial charge in [-0.1, -0.05) is 134 Å². The normalized spacial score (nSPS) is 15.2. The minimum atomic E-state index is -0.284. The molecule has 0 atom stereocenters. The van der Waals surface area contributed by atoms with E-state index in [1.54, 1.807) is 16.7 Å². The molecule has 0 aliphatic carbocycles. The molecule has 0 spiro atoms. The minimum absolute atomic E-state index is 0.113. The fourth-order valence-corrected chi connectivity index (χ4v) is 8.81. The summed E-state index contributed by atoms with van der Waals surface area (Å²) in [5.74, 6) is 2.74. The van der Waals surface area contributed by atoms with Crippen molar-refractivity contribution < 1.29 is 0 Å². The van der Waals surface area contributed by atoms with Crippen LogP contribution in [0.15, 0.2) is 119 Å². The number of rotatable bonds is 8. The van der Waals surface area contributed by atoms with Crippen molar-refractivity contribution in [2.75, 3.05) is 36.0 Å². The molecule has 4 aromatic carbocycles. The monoisotopic (exact) mass is 866 g/mol. The van der Waals surface area contributed by atoms with Gasteiger partial charge in [0.2, 0.25) is 23.5 Å². The third-order valence-corrected chi connectivity index (χ3v) is 12.1. The van der Waals surface area contributed by atoms with Crippen molar-refractivity contribution in [3.05, 3.63) is 151 Å². The van der Waals surface area contributed by atoms with Crippen LogP contribution in [-0.2, 0) is 13.1 Å². The third-order valence-electron chi connectivity index (χ3n) is 11.6. The number of halogens is 2.